The third kappa shape index (κ3) is 2.68. The van der Waals surface area contributed by atoms with E-state index in [2.05, 4.69) is 9.89 Å². The van der Waals surface area contributed by atoms with Crippen molar-refractivity contribution in [2.45, 2.75) is 25.9 Å². The molecule has 84 valence electrons. The topological polar surface area (TPSA) is 74.2 Å². The Morgan fingerprint density at radius 2 is 2.27 bits per heavy atom. The largest absolute Gasteiger partial charge is 0.466 e. The third-order valence-corrected chi connectivity index (χ3v) is 1.98. The predicted molar refractivity (Wildman–Crippen MR) is 50.2 cm³/mol. The van der Waals surface area contributed by atoms with Gasteiger partial charge < -0.3 is 14.3 Å². The molecule has 1 unspecified atom stereocenters. The second kappa shape index (κ2) is 4.29. The van der Waals surface area contributed by atoms with Crippen LogP contribution in [0.2, 0.25) is 0 Å². The molecule has 15 heavy (non-hydrogen) atoms. The summed E-state index contributed by atoms with van der Waals surface area (Å²) in [6.07, 6.45) is 0.271. The highest BCUT2D eigenvalue weighted by molar-refractivity contribution is 5.94. The molecule has 1 aliphatic heterocycles. The van der Waals surface area contributed by atoms with Crippen LogP contribution in [-0.2, 0) is 23.9 Å². The van der Waals surface area contributed by atoms with Crippen molar-refractivity contribution in [2.75, 3.05) is 13.7 Å². The molecule has 6 nitrogen and oxygen atoms in total. The number of hydrogen-bond acceptors (Lipinski definition) is 6. The van der Waals surface area contributed by atoms with Crippen LogP contribution in [-0.4, -0.2) is 37.0 Å². The number of rotatable bonds is 3. The number of carbonyl (C=O) groups excluding carboxylic acids is 2. The Labute approximate surface area is 87.2 Å². The van der Waals surface area contributed by atoms with Crippen LogP contribution in [0.25, 0.3) is 0 Å². The zero-order valence-electron chi connectivity index (χ0n) is 8.90. The first-order valence-corrected chi connectivity index (χ1v) is 4.43. The van der Waals surface area contributed by atoms with Gasteiger partial charge in [0.05, 0.1) is 12.8 Å². The van der Waals surface area contributed by atoms with Crippen LogP contribution in [0.4, 0.5) is 0 Å². The smallest absolute Gasteiger partial charge is 0.353 e. The zero-order chi connectivity index (χ0) is 11.5. The molecule has 1 rings (SSSR count). The molecular weight excluding hydrogens is 202 g/mol. The van der Waals surface area contributed by atoms with Gasteiger partial charge in [0, 0.05) is 13.3 Å². The summed E-state index contributed by atoms with van der Waals surface area (Å²) in [6.45, 7) is 2.92. The van der Waals surface area contributed by atoms with Crippen LogP contribution >= 0.6 is 0 Å². The minimum atomic E-state index is -1.09. The minimum Gasteiger partial charge on any atom is -0.466 e. The number of hydrogen-bond donors (Lipinski definition) is 0. The first kappa shape index (κ1) is 11.5. The summed E-state index contributed by atoms with van der Waals surface area (Å²) in [4.78, 5) is 26.8. The van der Waals surface area contributed by atoms with Crippen LogP contribution in [0.3, 0.4) is 0 Å². The molecule has 0 aromatic carbocycles. The first-order valence-electron chi connectivity index (χ1n) is 4.43. The minimum absolute atomic E-state index is 0.0436. The van der Waals surface area contributed by atoms with Crippen molar-refractivity contribution in [1.82, 2.24) is 0 Å². The fourth-order valence-electron chi connectivity index (χ4n) is 1.21. The lowest BCUT2D eigenvalue weighted by atomic mass is 10.0. The molecule has 0 saturated carbocycles. The van der Waals surface area contributed by atoms with Crippen LogP contribution in [0.5, 0.6) is 0 Å². The summed E-state index contributed by atoms with van der Waals surface area (Å²) in [7, 11) is 1.28. The van der Waals surface area contributed by atoms with Crippen molar-refractivity contribution in [3.8, 4) is 0 Å². The Morgan fingerprint density at radius 1 is 1.60 bits per heavy atom. The molecule has 1 atom stereocenters. The van der Waals surface area contributed by atoms with E-state index < -0.39 is 17.5 Å². The maximum Gasteiger partial charge on any atom is 0.353 e. The van der Waals surface area contributed by atoms with Gasteiger partial charge in [0.1, 0.15) is 6.61 Å². The number of ether oxygens (including phenoxy) is 2. The third-order valence-electron chi connectivity index (χ3n) is 1.98. The van der Waals surface area contributed by atoms with Gasteiger partial charge in [0.25, 0.3) is 0 Å². The molecule has 1 aliphatic rings. The van der Waals surface area contributed by atoms with Gasteiger partial charge in [-0.15, -0.1) is 0 Å². The van der Waals surface area contributed by atoms with Gasteiger partial charge in [-0.25, -0.2) is 4.79 Å². The standard InChI is InChI=1S/C9H13NO5/c1-6(11)14-5-7-4-9(2,15-10-7)8(12)13-3/h4-5H2,1-3H3. The molecule has 0 aliphatic carbocycles. The van der Waals surface area contributed by atoms with E-state index in [1.807, 2.05) is 0 Å². The summed E-state index contributed by atoms with van der Waals surface area (Å²) < 4.78 is 9.30. The van der Waals surface area contributed by atoms with E-state index in [-0.39, 0.29) is 13.0 Å². The van der Waals surface area contributed by atoms with Crippen LogP contribution in [0.15, 0.2) is 5.16 Å². The lowest BCUT2D eigenvalue weighted by molar-refractivity contribution is -0.164. The van der Waals surface area contributed by atoms with Gasteiger partial charge in [-0.3, -0.25) is 4.79 Å². The van der Waals surface area contributed by atoms with Gasteiger partial charge in [-0.05, 0) is 6.92 Å². The second-order valence-electron chi connectivity index (χ2n) is 3.43. The molecule has 0 amide bonds. The summed E-state index contributed by atoms with van der Waals surface area (Å²) in [5, 5.41) is 3.67. The number of methoxy groups -OCH3 is 1. The average molecular weight is 215 g/mol. The van der Waals surface area contributed by atoms with Crippen molar-refractivity contribution in [3.63, 3.8) is 0 Å². The lowest BCUT2D eigenvalue weighted by Gasteiger charge is -2.17. The van der Waals surface area contributed by atoms with Gasteiger partial charge in [0.2, 0.25) is 5.60 Å². The molecule has 6 heteroatoms. The summed E-state index contributed by atoms with van der Waals surface area (Å²) in [5.74, 6) is -0.895. The van der Waals surface area contributed by atoms with Crippen LogP contribution in [0.1, 0.15) is 20.3 Å². The van der Waals surface area contributed by atoms with Crippen molar-refractivity contribution in [3.05, 3.63) is 0 Å². The SMILES string of the molecule is COC(=O)C1(C)CC(COC(C)=O)=NO1. The molecule has 0 radical (unpaired) electrons. The molecule has 0 aromatic rings. The molecule has 0 N–H and O–H groups in total. The van der Waals surface area contributed by atoms with E-state index in [0.29, 0.717) is 5.71 Å². The van der Waals surface area contributed by atoms with E-state index in [1.165, 1.54) is 14.0 Å². The molecule has 0 aromatic heterocycles. The Morgan fingerprint density at radius 3 is 2.80 bits per heavy atom. The number of carbonyl (C=O) groups is 2. The van der Waals surface area contributed by atoms with E-state index in [0.717, 1.165) is 0 Å². The first-order chi connectivity index (χ1) is 6.98. The Kier molecular flexibility index (Phi) is 3.28. The highest BCUT2D eigenvalue weighted by Crippen LogP contribution is 2.24. The molecule has 0 spiro atoms. The normalized spacial score (nSPS) is 24.1. The number of oxime groups is 1. The highest BCUT2D eigenvalue weighted by Gasteiger charge is 2.43. The van der Waals surface area contributed by atoms with Crippen molar-refractivity contribution >= 4 is 17.7 Å². The van der Waals surface area contributed by atoms with Gasteiger partial charge in [0.15, 0.2) is 0 Å². The van der Waals surface area contributed by atoms with Gasteiger partial charge in [-0.1, -0.05) is 5.16 Å². The quantitative estimate of drug-likeness (QED) is 0.631. The van der Waals surface area contributed by atoms with Crippen molar-refractivity contribution in [2.24, 2.45) is 5.16 Å². The zero-order valence-corrected chi connectivity index (χ0v) is 8.90. The molecule has 1 heterocycles. The maximum absolute atomic E-state index is 11.3. The highest BCUT2D eigenvalue weighted by atomic mass is 16.7. The van der Waals surface area contributed by atoms with E-state index >= 15 is 0 Å². The van der Waals surface area contributed by atoms with Crippen LogP contribution < -0.4 is 0 Å². The average Bonchev–Trinajstić information content (AvgIpc) is 2.57. The monoisotopic (exact) mass is 215 g/mol. The molecule has 0 bridgehead atoms. The Bertz CT molecular complexity index is 312. The van der Waals surface area contributed by atoms with Gasteiger partial charge >= 0.3 is 11.9 Å². The number of esters is 2. The summed E-state index contributed by atoms with van der Waals surface area (Å²) in [5.41, 5.74) is -0.581. The van der Waals surface area contributed by atoms with E-state index in [4.69, 9.17) is 9.57 Å². The maximum atomic E-state index is 11.3. The van der Waals surface area contributed by atoms with Gasteiger partial charge in [-0.2, -0.15) is 0 Å². The second-order valence-corrected chi connectivity index (χ2v) is 3.43. The van der Waals surface area contributed by atoms with Crippen molar-refractivity contribution < 1.29 is 23.9 Å². The Hall–Kier alpha value is -1.59. The fraction of sp³-hybridized carbons (Fsp3) is 0.667. The molecular formula is C9H13NO5. The van der Waals surface area contributed by atoms with E-state index in [1.54, 1.807) is 6.92 Å². The summed E-state index contributed by atoms with van der Waals surface area (Å²) in [6, 6.07) is 0. The lowest BCUT2D eigenvalue weighted by Crippen LogP contribution is -2.36. The number of nitrogens with zero attached hydrogens (tertiary/aromatic N) is 1. The fourth-order valence-corrected chi connectivity index (χ4v) is 1.21. The summed E-state index contributed by atoms with van der Waals surface area (Å²) >= 11 is 0. The Balaban J connectivity index is 2.49. The van der Waals surface area contributed by atoms with Crippen molar-refractivity contribution in [1.29, 1.82) is 0 Å². The van der Waals surface area contributed by atoms with Crippen LogP contribution in [0, 0.1) is 0 Å². The molecule has 0 saturated heterocycles. The molecule has 0 fully saturated rings. The van der Waals surface area contributed by atoms with E-state index in [9.17, 15) is 9.59 Å². The predicted octanol–water partition coefficient (Wildman–Crippen LogP) is 0.257.